The smallest absolute Gasteiger partial charge is 0.250 e. The van der Waals surface area contributed by atoms with Crippen molar-refractivity contribution in [1.82, 2.24) is 20.2 Å². The number of rotatable bonds is 5. The molecule has 166 valence electrons. The lowest BCUT2D eigenvalue weighted by Gasteiger charge is -2.33. The molecule has 0 bridgehead atoms. The minimum absolute atomic E-state index is 0.0153. The Labute approximate surface area is 183 Å². The summed E-state index contributed by atoms with van der Waals surface area (Å²) in [4.78, 5) is 40.3. The molecule has 2 saturated heterocycles. The van der Waals surface area contributed by atoms with Crippen molar-refractivity contribution in [1.29, 1.82) is 0 Å². The summed E-state index contributed by atoms with van der Waals surface area (Å²) in [6.07, 6.45) is 5.84. The molecular formula is C23H31N5O3. The van der Waals surface area contributed by atoms with Crippen molar-refractivity contribution >= 4 is 17.7 Å². The van der Waals surface area contributed by atoms with E-state index in [9.17, 15) is 14.4 Å². The van der Waals surface area contributed by atoms with Crippen LogP contribution in [0.2, 0.25) is 0 Å². The van der Waals surface area contributed by atoms with Crippen LogP contribution in [-0.2, 0) is 14.4 Å². The van der Waals surface area contributed by atoms with Gasteiger partial charge in [0.1, 0.15) is 6.04 Å². The highest BCUT2D eigenvalue weighted by Gasteiger charge is 2.40. The largest absolute Gasteiger partial charge is 0.369 e. The third kappa shape index (κ3) is 4.44. The fourth-order valence-electron chi connectivity index (χ4n) is 4.61. The van der Waals surface area contributed by atoms with Gasteiger partial charge in [0.15, 0.2) is 0 Å². The predicted molar refractivity (Wildman–Crippen MR) is 116 cm³/mol. The number of nitrogens with two attached hydrogens (primary N) is 1. The topological polar surface area (TPSA) is 99.0 Å². The minimum Gasteiger partial charge on any atom is -0.369 e. The van der Waals surface area contributed by atoms with Gasteiger partial charge >= 0.3 is 0 Å². The monoisotopic (exact) mass is 425 g/mol. The molecule has 0 radical (unpaired) electrons. The zero-order chi connectivity index (χ0) is 22.1. The highest BCUT2D eigenvalue weighted by molar-refractivity contribution is 5.85. The average Bonchev–Trinajstić information content (AvgIpc) is 3.20. The van der Waals surface area contributed by atoms with Gasteiger partial charge in [-0.3, -0.25) is 14.4 Å². The Kier molecular flexibility index (Phi) is 6.00. The summed E-state index contributed by atoms with van der Waals surface area (Å²) in [6.45, 7) is 5.65. The van der Waals surface area contributed by atoms with Crippen LogP contribution in [0, 0.1) is 19.8 Å². The summed E-state index contributed by atoms with van der Waals surface area (Å²) in [7, 11) is 0. The first-order chi connectivity index (χ1) is 14.8. The molecule has 8 nitrogen and oxygen atoms in total. The third-order valence-corrected chi connectivity index (χ3v) is 6.82. The number of carbonyl (C=O) groups excluding carboxylic acids is 3. The predicted octanol–water partition coefficient (Wildman–Crippen LogP) is 1.35. The number of piperidine rings is 1. The number of fused-ring (bicyclic) bond motifs is 1. The van der Waals surface area contributed by atoms with Crippen LogP contribution < -0.4 is 11.2 Å². The second-order valence-corrected chi connectivity index (χ2v) is 8.82. The maximum Gasteiger partial charge on any atom is 0.250 e. The SMILES string of the molecule is Cc1ccc(C2CC3C(=O)N(CCC(=O)N4CCC(C(N)=O)CC4)C=CN3N2)cc1C. The number of hydrazine groups is 1. The van der Waals surface area contributed by atoms with Gasteiger partial charge in [-0.15, -0.1) is 0 Å². The highest BCUT2D eigenvalue weighted by Crippen LogP contribution is 2.31. The van der Waals surface area contributed by atoms with E-state index in [1.165, 1.54) is 16.7 Å². The Morgan fingerprint density at radius 1 is 1.13 bits per heavy atom. The first-order valence-corrected chi connectivity index (χ1v) is 11.0. The third-order valence-electron chi connectivity index (χ3n) is 6.82. The summed E-state index contributed by atoms with van der Waals surface area (Å²) in [6, 6.07) is 6.23. The number of primary amides is 1. The van der Waals surface area contributed by atoms with Crippen LogP contribution in [0.25, 0.3) is 0 Å². The lowest BCUT2D eigenvalue weighted by atomic mass is 9.96. The number of hydrogen-bond donors (Lipinski definition) is 2. The molecule has 3 aliphatic heterocycles. The number of nitrogens with zero attached hydrogens (tertiary/aromatic N) is 3. The summed E-state index contributed by atoms with van der Waals surface area (Å²) in [5.74, 6) is -0.391. The van der Waals surface area contributed by atoms with Crippen LogP contribution in [0.1, 0.15) is 48.4 Å². The van der Waals surface area contributed by atoms with E-state index in [1.54, 1.807) is 16.0 Å². The molecule has 2 fully saturated rings. The molecule has 31 heavy (non-hydrogen) atoms. The number of amides is 3. The van der Waals surface area contributed by atoms with Crippen LogP contribution in [0.3, 0.4) is 0 Å². The van der Waals surface area contributed by atoms with Gasteiger partial charge in [-0.05, 0) is 49.8 Å². The summed E-state index contributed by atoms with van der Waals surface area (Å²) in [5, 5.41) is 1.88. The van der Waals surface area contributed by atoms with E-state index in [1.807, 2.05) is 11.2 Å². The highest BCUT2D eigenvalue weighted by atomic mass is 16.2. The molecular weight excluding hydrogens is 394 g/mol. The van der Waals surface area contributed by atoms with Crippen LogP contribution in [0.15, 0.2) is 30.6 Å². The molecule has 3 aliphatic rings. The molecule has 8 heteroatoms. The van der Waals surface area contributed by atoms with Gasteiger partial charge in [-0.25, -0.2) is 5.43 Å². The van der Waals surface area contributed by atoms with Crippen molar-refractivity contribution in [2.45, 2.75) is 51.6 Å². The van der Waals surface area contributed by atoms with Crippen LogP contribution >= 0.6 is 0 Å². The van der Waals surface area contributed by atoms with Crippen molar-refractivity contribution in [2.75, 3.05) is 19.6 Å². The summed E-state index contributed by atoms with van der Waals surface area (Å²) < 4.78 is 0. The number of hydrogen-bond acceptors (Lipinski definition) is 5. The molecule has 2 unspecified atom stereocenters. The average molecular weight is 426 g/mol. The van der Waals surface area contributed by atoms with E-state index >= 15 is 0 Å². The molecule has 2 atom stereocenters. The lowest BCUT2D eigenvalue weighted by Crippen LogP contribution is -2.49. The number of likely N-dealkylation sites (tertiary alicyclic amines) is 1. The van der Waals surface area contributed by atoms with Crippen molar-refractivity contribution in [2.24, 2.45) is 11.7 Å². The molecule has 4 rings (SSSR count). The van der Waals surface area contributed by atoms with Gasteiger partial charge < -0.3 is 20.5 Å². The zero-order valence-corrected chi connectivity index (χ0v) is 18.2. The maximum absolute atomic E-state index is 13.0. The zero-order valence-electron chi connectivity index (χ0n) is 18.2. The lowest BCUT2D eigenvalue weighted by molar-refractivity contribution is -0.137. The van der Waals surface area contributed by atoms with Crippen LogP contribution in [-0.4, -0.2) is 58.2 Å². The number of benzene rings is 1. The second-order valence-electron chi connectivity index (χ2n) is 8.82. The Balaban J connectivity index is 1.31. The van der Waals surface area contributed by atoms with E-state index in [2.05, 4.69) is 37.5 Å². The molecule has 3 heterocycles. The van der Waals surface area contributed by atoms with Gasteiger partial charge in [0.25, 0.3) is 5.91 Å². The molecule has 0 saturated carbocycles. The summed E-state index contributed by atoms with van der Waals surface area (Å²) >= 11 is 0. The van der Waals surface area contributed by atoms with Gasteiger partial charge in [0.2, 0.25) is 11.8 Å². The van der Waals surface area contributed by atoms with Gasteiger partial charge in [0, 0.05) is 44.4 Å². The van der Waals surface area contributed by atoms with Gasteiger partial charge in [-0.2, -0.15) is 0 Å². The fourth-order valence-corrected chi connectivity index (χ4v) is 4.61. The Bertz CT molecular complexity index is 906. The molecule has 0 aliphatic carbocycles. The van der Waals surface area contributed by atoms with Gasteiger partial charge in [-0.1, -0.05) is 18.2 Å². The van der Waals surface area contributed by atoms with E-state index in [4.69, 9.17) is 5.73 Å². The number of aryl methyl sites for hydroxylation is 2. The van der Waals surface area contributed by atoms with Crippen LogP contribution in [0.5, 0.6) is 0 Å². The van der Waals surface area contributed by atoms with Crippen molar-refractivity contribution < 1.29 is 14.4 Å². The normalized spacial score (nSPS) is 23.9. The molecule has 3 N–H and O–H groups in total. The van der Waals surface area contributed by atoms with E-state index in [0.29, 0.717) is 38.9 Å². The van der Waals surface area contributed by atoms with E-state index in [-0.39, 0.29) is 42.1 Å². The summed E-state index contributed by atoms with van der Waals surface area (Å²) in [5.41, 5.74) is 12.5. The number of carbonyl (C=O) groups is 3. The molecule has 1 aromatic rings. The second kappa shape index (κ2) is 8.70. The molecule has 0 spiro atoms. The molecule has 3 amide bonds. The Hall–Kier alpha value is -2.87. The first-order valence-electron chi connectivity index (χ1n) is 11.0. The Morgan fingerprint density at radius 3 is 2.55 bits per heavy atom. The van der Waals surface area contributed by atoms with Gasteiger partial charge in [0.05, 0.1) is 6.04 Å². The Morgan fingerprint density at radius 2 is 1.87 bits per heavy atom. The van der Waals surface area contributed by atoms with Crippen LogP contribution in [0.4, 0.5) is 0 Å². The molecule has 0 aromatic heterocycles. The van der Waals surface area contributed by atoms with Crippen molar-refractivity contribution in [3.05, 3.63) is 47.3 Å². The van der Waals surface area contributed by atoms with E-state index in [0.717, 1.165) is 0 Å². The standard InChI is InChI=1S/C23H31N5O3/c1-15-3-4-18(13-16(15)2)19-14-20-23(31)27(11-12-28(20)25-19)10-7-21(29)26-8-5-17(6-9-26)22(24)30/h3-4,11-13,17,19-20,25H,5-10,14H2,1-2H3,(H2,24,30). The maximum atomic E-state index is 13.0. The number of nitrogens with one attached hydrogen (secondary N) is 1. The van der Waals surface area contributed by atoms with E-state index < -0.39 is 0 Å². The molecule has 1 aromatic carbocycles. The first kappa shape index (κ1) is 21.4. The fraction of sp³-hybridized carbons (Fsp3) is 0.522. The van der Waals surface area contributed by atoms with Crippen molar-refractivity contribution in [3.8, 4) is 0 Å². The van der Waals surface area contributed by atoms with Crippen molar-refractivity contribution in [3.63, 3.8) is 0 Å². The minimum atomic E-state index is -0.287. The quantitative estimate of drug-likeness (QED) is 0.742.